The third kappa shape index (κ3) is 4.57. The summed E-state index contributed by atoms with van der Waals surface area (Å²) in [7, 11) is 0. The number of rotatable bonds is 8. The predicted octanol–water partition coefficient (Wildman–Crippen LogP) is 3.81. The monoisotopic (exact) mass is 291 g/mol. The molecule has 0 aromatic heterocycles. The third-order valence-electron chi connectivity index (χ3n) is 3.90. The van der Waals surface area contributed by atoms with Gasteiger partial charge in [0, 0.05) is 6.04 Å². The molecular formula is C18H29NO2. The summed E-state index contributed by atoms with van der Waals surface area (Å²) in [4.78, 5) is 12.4. The quantitative estimate of drug-likeness (QED) is 0.740. The molecule has 0 bridgehead atoms. The molecule has 1 N–H and O–H groups in total. The minimum Gasteiger partial charge on any atom is -0.464 e. The minimum absolute atomic E-state index is 0.214. The van der Waals surface area contributed by atoms with Crippen molar-refractivity contribution < 1.29 is 9.53 Å². The van der Waals surface area contributed by atoms with Crippen LogP contribution in [0.3, 0.4) is 0 Å². The summed E-state index contributed by atoms with van der Waals surface area (Å²) in [6.45, 7) is 10.5. The molecule has 3 heteroatoms. The van der Waals surface area contributed by atoms with Crippen LogP contribution < -0.4 is 5.32 Å². The Balaban J connectivity index is 3.07. The second-order valence-electron chi connectivity index (χ2n) is 5.75. The molecule has 0 fully saturated rings. The van der Waals surface area contributed by atoms with E-state index >= 15 is 0 Å². The average Bonchev–Trinajstić information content (AvgIpc) is 2.48. The van der Waals surface area contributed by atoms with E-state index in [-0.39, 0.29) is 12.0 Å². The molecule has 2 unspecified atom stereocenters. The summed E-state index contributed by atoms with van der Waals surface area (Å²) in [6, 6.07) is 8.53. The average molecular weight is 291 g/mol. The van der Waals surface area contributed by atoms with Gasteiger partial charge < -0.3 is 4.74 Å². The summed E-state index contributed by atoms with van der Waals surface area (Å²) >= 11 is 0. The van der Waals surface area contributed by atoms with E-state index in [2.05, 4.69) is 38.2 Å². The van der Waals surface area contributed by atoms with Crippen LogP contribution in [0, 0.1) is 0 Å². The Morgan fingerprint density at radius 3 is 2.33 bits per heavy atom. The van der Waals surface area contributed by atoms with Gasteiger partial charge in [-0.05, 0) is 44.7 Å². The van der Waals surface area contributed by atoms with Crippen LogP contribution in [0.15, 0.2) is 24.3 Å². The second-order valence-corrected chi connectivity index (χ2v) is 5.75. The van der Waals surface area contributed by atoms with Crippen molar-refractivity contribution in [2.75, 3.05) is 6.61 Å². The zero-order valence-corrected chi connectivity index (χ0v) is 14.0. The minimum atomic E-state index is -0.795. The highest BCUT2D eigenvalue weighted by molar-refractivity contribution is 5.82. The Morgan fingerprint density at radius 1 is 1.24 bits per heavy atom. The lowest BCUT2D eigenvalue weighted by molar-refractivity contribution is -0.151. The fourth-order valence-electron chi connectivity index (χ4n) is 2.42. The van der Waals surface area contributed by atoms with Crippen molar-refractivity contribution in [3.63, 3.8) is 0 Å². The number of esters is 1. The number of ether oxygens (including phenoxy) is 1. The molecule has 0 saturated carbocycles. The van der Waals surface area contributed by atoms with E-state index in [0.717, 1.165) is 24.8 Å². The van der Waals surface area contributed by atoms with E-state index in [1.165, 1.54) is 5.56 Å². The van der Waals surface area contributed by atoms with Crippen molar-refractivity contribution >= 4 is 5.97 Å². The lowest BCUT2D eigenvalue weighted by atomic mass is 9.89. The van der Waals surface area contributed by atoms with Gasteiger partial charge >= 0.3 is 5.97 Å². The van der Waals surface area contributed by atoms with Gasteiger partial charge in [0.1, 0.15) is 5.54 Å². The Bertz CT molecular complexity index is 441. The van der Waals surface area contributed by atoms with Crippen LogP contribution in [0.2, 0.25) is 0 Å². The molecule has 2 atom stereocenters. The zero-order chi connectivity index (χ0) is 15.9. The van der Waals surface area contributed by atoms with Crippen LogP contribution in [0.4, 0.5) is 0 Å². The van der Waals surface area contributed by atoms with Crippen LogP contribution in [-0.2, 0) is 21.5 Å². The second kappa shape index (κ2) is 8.18. The first kappa shape index (κ1) is 17.7. The van der Waals surface area contributed by atoms with Crippen molar-refractivity contribution in [1.29, 1.82) is 0 Å². The molecule has 0 heterocycles. The molecule has 21 heavy (non-hydrogen) atoms. The van der Waals surface area contributed by atoms with Crippen LogP contribution in [0.25, 0.3) is 0 Å². The maximum atomic E-state index is 12.4. The van der Waals surface area contributed by atoms with Gasteiger partial charge in [-0.3, -0.25) is 5.32 Å². The summed E-state index contributed by atoms with van der Waals surface area (Å²) in [5, 5.41) is 3.42. The first-order chi connectivity index (χ1) is 9.97. The van der Waals surface area contributed by atoms with Crippen molar-refractivity contribution in [3.05, 3.63) is 35.4 Å². The van der Waals surface area contributed by atoms with E-state index in [0.29, 0.717) is 6.61 Å². The van der Waals surface area contributed by atoms with Gasteiger partial charge in [-0.2, -0.15) is 0 Å². The van der Waals surface area contributed by atoms with Crippen molar-refractivity contribution in [2.24, 2.45) is 0 Å². The molecule has 1 rings (SSSR count). The number of benzene rings is 1. The van der Waals surface area contributed by atoms with Gasteiger partial charge in [0.25, 0.3) is 0 Å². The van der Waals surface area contributed by atoms with Gasteiger partial charge in [-0.15, -0.1) is 0 Å². The highest BCUT2D eigenvalue weighted by atomic mass is 16.5. The van der Waals surface area contributed by atoms with E-state index in [1.807, 2.05) is 26.0 Å². The Labute approximate surface area is 129 Å². The van der Waals surface area contributed by atoms with E-state index in [4.69, 9.17) is 4.74 Å². The number of hydrogen-bond donors (Lipinski definition) is 1. The van der Waals surface area contributed by atoms with Gasteiger partial charge in [0.05, 0.1) is 6.61 Å². The molecular weight excluding hydrogens is 262 g/mol. The number of aryl methyl sites for hydroxylation is 1. The predicted molar refractivity (Wildman–Crippen MR) is 87.3 cm³/mol. The molecule has 0 amide bonds. The Kier molecular flexibility index (Phi) is 6.90. The van der Waals surface area contributed by atoms with Crippen LogP contribution in [0.5, 0.6) is 0 Å². The molecule has 1 aromatic carbocycles. The zero-order valence-electron chi connectivity index (χ0n) is 14.0. The molecule has 0 radical (unpaired) electrons. The lowest BCUT2D eigenvalue weighted by Gasteiger charge is -2.32. The SMILES string of the molecule is CCCc1ccc(C(C)(NC(C)CC)C(=O)OCC)cc1. The number of nitrogens with one attached hydrogen (secondary N) is 1. The largest absolute Gasteiger partial charge is 0.464 e. The smallest absolute Gasteiger partial charge is 0.330 e. The van der Waals surface area contributed by atoms with Crippen LogP contribution in [-0.4, -0.2) is 18.6 Å². The molecule has 3 nitrogen and oxygen atoms in total. The number of carbonyl (C=O) groups is 1. The Morgan fingerprint density at radius 2 is 1.86 bits per heavy atom. The van der Waals surface area contributed by atoms with Crippen LogP contribution in [0.1, 0.15) is 58.6 Å². The van der Waals surface area contributed by atoms with E-state index in [1.54, 1.807) is 0 Å². The summed E-state index contributed by atoms with van der Waals surface area (Å²) in [5.74, 6) is -0.214. The first-order valence-electron chi connectivity index (χ1n) is 8.02. The van der Waals surface area contributed by atoms with Gasteiger partial charge in [-0.1, -0.05) is 44.5 Å². The molecule has 0 aliphatic carbocycles. The molecule has 0 saturated heterocycles. The third-order valence-corrected chi connectivity index (χ3v) is 3.90. The van der Waals surface area contributed by atoms with Gasteiger partial charge in [0.15, 0.2) is 0 Å². The fraction of sp³-hybridized carbons (Fsp3) is 0.611. The highest BCUT2D eigenvalue weighted by Crippen LogP contribution is 2.24. The number of hydrogen-bond acceptors (Lipinski definition) is 3. The molecule has 0 spiro atoms. The van der Waals surface area contributed by atoms with Crippen molar-refractivity contribution in [3.8, 4) is 0 Å². The van der Waals surface area contributed by atoms with Crippen molar-refractivity contribution in [1.82, 2.24) is 5.32 Å². The van der Waals surface area contributed by atoms with E-state index < -0.39 is 5.54 Å². The fourth-order valence-corrected chi connectivity index (χ4v) is 2.42. The maximum Gasteiger partial charge on any atom is 0.330 e. The van der Waals surface area contributed by atoms with Crippen molar-refractivity contribution in [2.45, 2.75) is 65.5 Å². The summed E-state index contributed by atoms with van der Waals surface area (Å²) in [6.07, 6.45) is 3.15. The maximum absolute atomic E-state index is 12.4. The molecule has 1 aromatic rings. The molecule has 0 aliphatic heterocycles. The molecule has 0 aliphatic rings. The van der Waals surface area contributed by atoms with Crippen LogP contribution >= 0.6 is 0 Å². The summed E-state index contributed by atoms with van der Waals surface area (Å²) in [5.41, 5.74) is 1.47. The lowest BCUT2D eigenvalue weighted by Crippen LogP contribution is -2.51. The highest BCUT2D eigenvalue weighted by Gasteiger charge is 2.37. The number of carbonyl (C=O) groups excluding carboxylic acids is 1. The molecule has 118 valence electrons. The van der Waals surface area contributed by atoms with E-state index in [9.17, 15) is 4.79 Å². The normalized spacial score (nSPS) is 15.3. The van der Waals surface area contributed by atoms with Gasteiger partial charge in [-0.25, -0.2) is 4.79 Å². The first-order valence-corrected chi connectivity index (χ1v) is 8.02. The Hall–Kier alpha value is -1.35. The summed E-state index contributed by atoms with van der Waals surface area (Å²) < 4.78 is 5.28. The standard InChI is InChI=1S/C18H29NO2/c1-6-9-15-10-12-16(13-11-15)18(5,17(20)21-8-3)19-14(4)7-2/h10-14,19H,6-9H2,1-5H3. The van der Waals surface area contributed by atoms with Gasteiger partial charge in [0.2, 0.25) is 0 Å². The topological polar surface area (TPSA) is 38.3 Å².